The first-order valence-electron chi connectivity index (χ1n) is 16.4. The average molecular weight is 626 g/mol. The molecule has 0 saturated carbocycles. The molecule has 49 heavy (non-hydrogen) atoms. The van der Waals surface area contributed by atoms with Crippen LogP contribution in [-0.4, -0.2) is 15.0 Å². The molecule has 0 aliphatic carbocycles. The number of furan rings is 1. The number of fused-ring (bicyclic) bond motifs is 8. The molecule has 0 N–H and O–H groups in total. The molecule has 8 aromatic carbocycles. The van der Waals surface area contributed by atoms with Gasteiger partial charge < -0.3 is 4.42 Å². The van der Waals surface area contributed by atoms with Gasteiger partial charge in [-0.3, -0.25) is 0 Å². The first kappa shape index (κ1) is 27.5. The minimum Gasteiger partial charge on any atom is -0.456 e. The molecule has 2 aromatic heterocycles. The molecule has 0 fully saturated rings. The quantitative estimate of drug-likeness (QED) is 0.183. The second-order valence-electron chi connectivity index (χ2n) is 12.4. The van der Waals surface area contributed by atoms with Gasteiger partial charge >= 0.3 is 0 Å². The van der Waals surface area contributed by atoms with E-state index in [-0.39, 0.29) is 0 Å². The SMILES string of the molecule is c1ccc(-c2cccc(-c3nc(-c4cc5c6ccccc6ccc5c5ccccc45)nc(-c4cccc5oc6ccccc6c45)n3)c2)cc1. The second kappa shape index (κ2) is 11.0. The van der Waals surface area contributed by atoms with Crippen molar-refractivity contribution in [2.45, 2.75) is 0 Å². The van der Waals surface area contributed by atoms with E-state index in [0.717, 1.165) is 55.1 Å². The Bertz CT molecular complexity index is 2890. The summed E-state index contributed by atoms with van der Waals surface area (Å²) in [6.45, 7) is 0. The van der Waals surface area contributed by atoms with Crippen LogP contribution >= 0.6 is 0 Å². The van der Waals surface area contributed by atoms with Gasteiger partial charge in [0.05, 0.1) is 0 Å². The summed E-state index contributed by atoms with van der Waals surface area (Å²) < 4.78 is 6.28. The molecule has 0 amide bonds. The molecule has 0 spiro atoms. The smallest absolute Gasteiger partial charge is 0.164 e. The third-order valence-corrected chi connectivity index (χ3v) is 9.51. The Kier molecular flexibility index (Phi) is 6.15. The number of rotatable bonds is 4. The lowest BCUT2D eigenvalue weighted by Gasteiger charge is -2.14. The van der Waals surface area contributed by atoms with Gasteiger partial charge in [-0.2, -0.15) is 0 Å². The molecule has 10 rings (SSSR count). The van der Waals surface area contributed by atoms with Crippen molar-refractivity contribution in [2.24, 2.45) is 0 Å². The highest BCUT2D eigenvalue weighted by Crippen LogP contribution is 2.40. The predicted octanol–water partition coefficient (Wildman–Crippen LogP) is 11.9. The van der Waals surface area contributed by atoms with Crippen molar-refractivity contribution in [3.63, 3.8) is 0 Å². The lowest BCUT2D eigenvalue weighted by molar-refractivity contribution is 0.669. The predicted molar refractivity (Wildman–Crippen MR) is 201 cm³/mol. The summed E-state index contributed by atoms with van der Waals surface area (Å²) in [4.78, 5) is 15.7. The third kappa shape index (κ3) is 4.49. The van der Waals surface area contributed by atoms with E-state index in [2.05, 4.69) is 127 Å². The van der Waals surface area contributed by atoms with Gasteiger partial charge in [-0.25, -0.2) is 15.0 Å². The van der Waals surface area contributed by atoms with E-state index >= 15 is 0 Å². The van der Waals surface area contributed by atoms with Crippen LogP contribution in [0.4, 0.5) is 0 Å². The molecule has 228 valence electrons. The summed E-state index contributed by atoms with van der Waals surface area (Å²) in [6.07, 6.45) is 0. The van der Waals surface area contributed by atoms with Crippen molar-refractivity contribution in [3.05, 3.63) is 164 Å². The Morgan fingerprint density at radius 2 is 0.939 bits per heavy atom. The first-order chi connectivity index (χ1) is 24.3. The maximum atomic E-state index is 6.28. The van der Waals surface area contributed by atoms with Crippen molar-refractivity contribution in [1.29, 1.82) is 0 Å². The van der Waals surface area contributed by atoms with Crippen LogP contribution in [0, 0.1) is 0 Å². The van der Waals surface area contributed by atoms with Gasteiger partial charge in [-0.15, -0.1) is 0 Å². The fourth-order valence-corrected chi connectivity index (χ4v) is 7.22. The van der Waals surface area contributed by atoms with Gasteiger partial charge in [0.1, 0.15) is 11.2 Å². The van der Waals surface area contributed by atoms with Crippen LogP contribution < -0.4 is 0 Å². The molecule has 4 nitrogen and oxygen atoms in total. The van der Waals surface area contributed by atoms with Crippen molar-refractivity contribution in [3.8, 4) is 45.3 Å². The molecular formula is C45H27N3O. The molecule has 2 heterocycles. The summed E-state index contributed by atoms with van der Waals surface area (Å²) in [5.41, 5.74) is 6.67. The van der Waals surface area contributed by atoms with Crippen LogP contribution in [0.25, 0.3) is 99.5 Å². The highest BCUT2D eigenvalue weighted by molar-refractivity contribution is 6.20. The molecule has 0 aliphatic rings. The lowest BCUT2D eigenvalue weighted by atomic mass is 9.93. The molecule has 0 atom stereocenters. The standard InChI is InChI=1S/C45H27N3O/c1-2-12-28(13-3-1)30-15-10-16-31(26-30)43-46-44(37-21-11-23-41-42(37)36-20-8-9-22-40(36)49-41)48-45(47-43)39-27-38-32-17-5-4-14-29(32)24-25-35(38)33-18-6-7-19-34(33)39/h1-27H. The fraction of sp³-hybridized carbons (Fsp3) is 0. The average Bonchev–Trinajstić information content (AvgIpc) is 3.57. The molecule has 4 heteroatoms. The van der Waals surface area contributed by atoms with Crippen LogP contribution in [0.2, 0.25) is 0 Å². The number of hydrogen-bond acceptors (Lipinski definition) is 4. The Hall–Kier alpha value is -6.65. The highest BCUT2D eigenvalue weighted by Gasteiger charge is 2.20. The van der Waals surface area contributed by atoms with E-state index in [1.165, 1.54) is 26.9 Å². The van der Waals surface area contributed by atoms with Crippen molar-refractivity contribution in [2.75, 3.05) is 0 Å². The van der Waals surface area contributed by atoms with E-state index in [9.17, 15) is 0 Å². The number of aromatic nitrogens is 3. The summed E-state index contributed by atoms with van der Waals surface area (Å²) in [7, 11) is 0. The molecular weight excluding hydrogens is 599 g/mol. The number of para-hydroxylation sites is 1. The van der Waals surface area contributed by atoms with Crippen LogP contribution in [0.5, 0.6) is 0 Å². The van der Waals surface area contributed by atoms with Crippen molar-refractivity contribution >= 4 is 54.3 Å². The largest absolute Gasteiger partial charge is 0.456 e. The first-order valence-corrected chi connectivity index (χ1v) is 16.4. The molecule has 0 radical (unpaired) electrons. The van der Waals surface area contributed by atoms with Gasteiger partial charge in [0.2, 0.25) is 0 Å². The molecule has 0 saturated heterocycles. The zero-order valence-electron chi connectivity index (χ0n) is 26.3. The van der Waals surface area contributed by atoms with Crippen LogP contribution in [0.1, 0.15) is 0 Å². The Labute approximate surface area is 282 Å². The topological polar surface area (TPSA) is 51.8 Å². The van der Waals surface area contributed by atoms with E-state index in [1.807, 2.05) is 36.4 Å². The zero-order chi connectivity index (χ0) is 32.3. The van der Waals surface area contributed by atoms with Gasteiger partial charge in [-0.1, -0.05) is 140 Å². The third-order valence-electron chi connectivity index (χ3n) is 9.51. The normalized spacial score (nSPS) is 11.7. The monoisotopic (exact) mass is 625 g/mol. The second-order valence-corrected chi connectivity index (χ2v) is 12.4. The number of hydrogen-bond donors (Lipinski definition) is 0. The zero-order valence-corrected chi connectivity index (χ0v) is 26.3. The van der Waals surface area contributed by atoms with Crippen molar-refractivity contribution in [1.82, 2.24) is 15.0 Å². The maximum Gasteiger partial charge on any atom is 0.164 e. The summed E-state index contributed by atoms with van der Waals surface area (Å²) in [5.74, 6) is 1.84. The van der Waals surface area contributed by atoms with Gasteiger partial charge in [-0.05, 0) is 67.7 Å². The van der Waals surface area contributed by atoms with Crippen LogP contribution in [-0.2, 0) is 0 Å². The summed E-state index contributed by atoms with van der Waals surface area (Å²) in [5, 5.41) is 9.06. The Morgan fingerprint density at radius 3 is 1.82 bits per heavy atom. The van der Waals surface area contributed by atoms with Crippen LogP contribution in [0.3, 0.4) is 0 Å². The molecule has 10 aromatic rings. The maximum absolute atomic E-state index is 6.28. The fourth-order valence-electron chi connectivity index (χ4n) is 7.22. The van der Waals surface area contributed by atoms with Gasteiger partial charge in [0, 0.05) is 27.5 Å². The number of benzene rings is 8. The van der Waals surface area contributed by atoms with E-state index < -0.39 is 0 Å². The minimum absolute atomic E-state index is 0.601. The van der Waals surface area contributed by atoms with E-state index in [0.29, 0.717) is 17.5 Å². The lowest BCUT2D eigenvalue weighted by Crippen LogP contribution is -2.01. The Balaban J connectivity index is 1.29. The Morgan fingerprint density at radius 1 is 0.327 bits per heavy atom. The minimum atomic E-state index is 0.601. The summed E-state index contributed by atoms with van der Waals surface area (Å²) >= 11 is 0. The molecule has 0 bridgehead atoms. The van der Waals surface area contributed by atoms with Gasteiger partial charge in [0.15, 0.2) is 17.5 Å². The highest BCUT2D eigenvalue weighted by atomic mass is 16.3. The molecule has 0 aliphatic heterocycles. The van der Waals surface area contributed by atoms with Crippen molar-refractivity contribution < 1.29 is 4.42 Å². The molecule has 0 unspecified atom stereocenters. The number of nitrogens with zero attached hydrogens (tertiary/aromatic N) is 3. The van der Waals surface area contributed by atoms with Gasteiger partial charge in [0.25, 0.3) is 0 Å². The summed E-state index contributed by atoms with van der Waals surface area (Å²) in [6, 6.07) is 56.9. The van der Waals surface area contributed by atoms with E-state index in [1.54, 1.807) is 0 Å². The van der Waals surface area contributed by atoms with Crippen LogP contribution in [0.15, 0.2) is 168 Å². The van der Waals surface area contributed by atoms with E-state index in [4.69, 9.17) is 19.4 Å².